The van der Waals surface area contributed by atoms with Crippen LogP contribution in [0.15, 0.2) is 30.3 Å². The molecular weight excluding hydrogens is 352 g/mol. The Morgan fingerprint density at radius 3 is 2.42 bits per heavy atom. The Kier molecular flexibility index (Phi) is 5.48. The molecule has 0 spiro atoms. The Balaban J connectivity index is 1.47. The number of hydrogen-bond donors (Lipinski definition) is 1. The maximum Gasteiger partial charge on any atom is 0.234 e. The topological polar surface area (TPSA) is 83.6 Å². The Hall–Kier alpha value is -1.73. The minimum absolute atomic E-state index is 0.00852. The molecule has 0 aromatic heterocycles. The highest BCUT2D eigenvalue weighted by Gasteiger charge is 2.39. The number of carbonyl (C=O) groups excluding carboxylic acids is 2. The maximum atomic E-state index is 12.5. The first-order valence-corrected chi connectivity index (χ1v) is 10.9. The molecule has 1 N–H and O–H groups in total. The molecule has 0 bridgehead atoms. The van der Waals surface area contributed by atoms with E-state index in [4.69, 9.17) is 0 Å². The summed E-state index contributed by atoms with van der Waals surface area (Å²) < 4.78 is 23.3. The van der Waals surface area contributed by atoms with Crippen LogP contribution in [0.25, 0.3) is 0 Å². The molecule has 0 saturated carbocycles. The number of carbonyl (C=O) groups is 2. The van der Waals surface area contributed by atoms with E-state index < -0.39 is 15.4 Å². The monoisotopic (exact) mass is 378 g/mol. The van der Waals surface area contributed by atoms with Crippen molar-refractivity contribution in [3.63, 3.8) is 0 Å². The summed E-state index contributed by atoms with van der Waals surface area (Å²) in [7, 11) is -3.04. The van der Waals surface area contributed by atoms with E-state index in [1.165, 1.54) is 0 Å². The van der Waals surface area contributed by atoms with Crippen LogP contribution in [-0.2, 0) is 14.6 Å². The van der Waals surface area contributed by atoms with Crippen molar-refractivity contribution in [2.24, 2.45) is 5.92 Å². The highest BCUT2D eigenvalue weighted by molar-refractivity contribution is 7.91. The van der Waals surface area contributed by atoms with Crippen LogP contribution < -0.4 is 5.32 Å². The molecule has 1 unspecified atom stereocenters. The van der Waals surface area contributed by atoms with Crippen LogP contribution in [0.3, 0.4) is 0 Å². The SMILES string of the molecule is CC1(NC(=O)CN2CCC(C(=O)c3ccccc3)CC2)CCS(=O)(=O)C1. The molecule has 2 aliphatic rings. The van der Waals surface area contributed by atoms with Gasteiger partial charge in [-0.2, -0.15) is 0 Å². The zero-order valence-corrected chi connectivity index (χ0v) is 15.9. The normalized spacial score (nSPS) is 26.5. The second-order valence-corrected chi connectivity index (χ2v) is 9.92. The van der Waals surface area contributed by atoms with Gasteiger partial charge in [-0.1, -0.05) is 30.3 Å². The molecule has 0 radical (unpaired) electrons. The number of ketones is 1. The predicted octanol–water partition coefficient (Wildman–Crippen LogP) is 1.27. The molecule has 1 atom stereocenters. The Morgan fingerprint density at radius 2 is 1.85 bits per heavy atom. The van der Waals surface area contributed by atoms with Crippen LogP contribution in [0.5, 0.6) is 0 Å². The summed E-state index contributed by atoms with van der Waals surface area (Å²) in [6, 6.07) is 9.33. The number of rotatable bonds is 5. The molecule has 1 aromatic carbocycles. The number of amides is 1. The largest absolute Gasteiger partial charge is 0.349 e. The number of piperidine rings is 1. The third-order valence-corrected chi connectivity index (χ3v) is 7.23. The molecule has 2 aliphatic heterocycles. The first-order valence-electron chi connectivity index (χ1n) is 9.09. The van der Waals surface area contributed by atoms with Crippen LogP contribution in [0.4, 0.5) is 0 Å². The lowest BCUT2D eigenvalue weighted by molar-refractivity contribution is -0.124. The zero-order chi connectivity index (χ0) is 18.8. The first-order chi connectivity index (χ1) is 12.3. The summed E-state index contributed by atoms with van der Waals surface area (Å²) in [5.74, 6) is 0.195. The molecule has 1 amide bonds. The number of nitrogens with one attached hydrogen (secondary N) is 1. The van der Waals surface area contributed by atoms with E-state index in [0.29, 0.717) is 19.5 Å². The van der Waals surface area contributed by atoms with E-state index in [1.54, 1.807) is 6.92 Å². The molecule has 2 heterocycles. The lowest BCUT2D eigenvalue weighted by Crippen LogP contribution is -2.51. The lowest BCUT2D eigenvalue weighted by Gasteiger charge is -2.32. The number of sulfone groups is 1. The van der Waals surface area contributed by atoms with Crippen LogP contribution in [0, 0.1) is 5.92 Å². The Morgan fingerprint density at radius 1 is 1.19 bits per heavy atom. The van der Waals surface area contributed by atoms with Gasteiger partial charge >= 0.3 is 0 Å². The summed E-state index contributed by atoms with van der Waals surface area (Å²) in [4.78, 5) is 26.9. The number of likely N-dealkylation sites (tertiary alicyclic amines) is 1. The van der Waals surface area contributed by atoms with Crippen LogP contribution in [0.2, 0.25) is 0 Å². The van der Waals surface area contributed by atoms with Crippen molar-refractivity contribution in [3.05, 3.63) is 35.9 Å². The molecular formula is C19H26N2O4S. The average molecular weight is 378 g/mol. The summed E-state index contributed by atoms with van der Waals surface area (Å²) >= 11 is 0. The van der Waals surface area contributed by atoms with Crippen molar-refractivity contribution in [3.8, 4) is 0 Å². The van der Waals surface area contributed by atoms with Gasteiger partial charge in [0, 0.05) is 11.5 Å². The highest BCUT2D eigenvalue weighted by Crippen LogP contribution is 2.24. The molecule has 1 aromatic rings. The van der Waals surface area contributed by atoms with Gasteiger partial charge in [-0.15, -0.1) is 0 Å². The zero-order valence-electron chi connectivity index (χ0n) is 15.1. The summed E-state index contributed by atoms with van der Waals surface area (Å²) in [5.41, 5.74) is 0.0939. The van der Waals surface area contributed by atoms with Crippen LogP contribution in [0.1, 0.15) is 36.5 Å². The lowest BCUT2D eigenvalue weighted by atomic mass is 9.89. The predicted molar refractivity (Wildman–Crippen MR) is 99.8 cm³/mol. The van der Waals surface area contributed by atoms with E-state index in [9.17, 15) is 18.0 Å². The number of hydrogen-bond acceptors (Lipinski definition) is 5. The van der Waals surface area contributed by atoms with Gasteiger partial charge in [-0.3, -0.25) is 14.5 Å². The minimum atomic E-state index is -3.04. The highest BCUT2D eigenvalue weighted by atomic mass is 32.2. The maximum absolute atomic E-state index is 12.5. The van der Waals surface area contributed by atoms with E-state index in [-0.39, 0.29) is 35.7 Å². The van der Waals surface area contributed by atoms with Gasteiger partial charge in [0.15, 0.2) is 15.6 Å². The average Bonchev–Trinajstić information content (AvgIpc) is 2.88. The van der Waals surface area contributed by atoms with Gasteiger partial charge in [0.2, 0.25) is 5.91 Å². The summed E-state index contributed by atoms with van der Waals surface area (Å²) in [6.45, 7) is 3.44. The molecule has 142 valence electrons. The van der Waals surface area contributed by atoms with Gasteiger partial charge in [0.1, 0.15) is 0 Å². The molecule has 2 fully saturated rings. The third-order valence-electron chi connectivity index (χ3n) is 5.33. The van der Waals surface area contributed by atoms with Crippen molar-refractivity contribution in [2.75, 3.05) is 31.1 Å². The van der Waals surface area contributed by atoms with Gasteiger partial charge in [-0.05, 0) is 39.3 Å². The van der Waals surface area contributed by atoms with Crippen molar-refractivity contribution in [1.29, 1.82) is 0 Å². The summed E-state index contributed by atoms with van der Waals surface area (Å²) in [6.07, 6.45) is 1.95. The molecule has 26 heavy (non-hydrogen) atoms. The van der Waals surface area contributed by atoms with Crippen molar-refractivity contribution in [2.45, 2.75) is 31.7 Å². The summed E-state index contributed by atoms with van der Waals surface area (Å²) in [5, 5.41) is 2.89. The second kappa shape index (κ2) is 7.48. The van der Waals surface area contributed by atoms with Crippen molar-refractivity contribution < 1.29 is 18.0 Å². The Labute approximate surface area is 154 Å². The Bertz CT molecular complexity index is 770. The van der Waals surface area contributed by atoms with Gasteiger partial charge in [0.25, 0.3) is 0 Å². The van der Waals surface area contributed by atoms with E-state index in [2.05, 4.69) is 5.32 Å². The number of nitrogens with zero attached hydrogens (tertiary/aromatic N) is 1. The molecule has 7 heteroatoms. The van der Waals surface area contributed by atoms with Gasteiger partial charge < -0.3 is 5.32 Å². The molecule has 0 aliphatic carbocycles. The first kappa shape index (κ1) is 19.0. The second-order valence-electron chi connectivity index (χ2n) is 7.73. The van der Waals surface area contributed by atoms with E-state index in [1.807, 2.05) is 35.2 Å². The fourth-order valence-electron chi connectivity index (χ4n) is 3.88. The van der Waals surface area contributed by atoms with Gasteiger partial charge in [0.05, 0.1) is 23.6 Å². The molecule has 3 rings (SSSR count). The van der Waals surface area contributed by atoms with Crippen LogP contribution in [-0.4, -0.2) is 61.7 Å². The standard InChI is InChI=1S/C19H26N2O4S/c1-19(9-12-26(24,25)14-19)20-17(22)13-21-10-7-16(8-11-21)18(23)15-5-3-2-4-6-15/h2-6,16H,7-14H2,1H3,(H,20,22). The van der Waals surface area contributed by atoms with Crippen molar-refractivity contribution in [1.82, 2.24) is 10.2 Å². The van der Waals surface area contributed by atoms with Crippen molar-refractivity contribution >= 4 is 21.5 Å². The molecule has 6 nitrogen and oxygen atoms in total. The smallest absolute Gasteiger partial charge is 0.234 e. The molecule has 2 saturated heterocycles. The quantitative estimate of drug-likeness (QED) is 0.780. The number of Topliss-reactive ketones (excluding diaryl/α,β-unsaturated/α-hetero) is 1. The fourth-order valence-corrected chi connectivity index (χ4v) is 5.97. The van der Waals surface area contributed by atoms with Crippen LogP contribution >= 0.6 is 0 Å². The number of benzene rings is 1. The fraction of sp³-hybridized carbons (Fsp3) is 0.579. The third kappa shape index (κ3) is 4.71. The minimum Gasteiger partial charge on any atom is -0.349 e. The van der Waals surface area contributed by atoms with Gasteiger partial charge in [-0.25, -0.2) is 8.42 Å². The van der Waals surface area contributed by atoms with E-state index >= 15 is 0 Å². The van der Waals surface area contributed by atoms with E-state index in [0.717, 1.165) is 18.4 Å².